The van der Waals surface area contributed by atoms with Crippen molar-refractivity contribution in [2.45, 2.75) is 51.1 Å². The van der Waals surface area contributed by atoms with Crippen molar-refractivity contribution < 1.29 is 33.9 Å². The molecule has 0 aromatic heterocycles. The number of hydrogen-bond acceptors (Lipinski definition) is 7. The van der Waals surface area contributed by atoms with Crippen LogP contribution in [-0.4, -0.2) is 65.0 Å². The minimum atomic E-state index is -1.20. The molecular formula is C19H25BN2O7. The molecule has 2 aliphatic heterocycles. The summed E-state index contributed by atoms with van der Waals surface area (Å²) in [6.07, 6.45) is 1.57. The second-order valence-corrected chi connectivity index (χ2v) is 7.59. The van der Waals surface area contributed by atoms with Gasteiger partial charge in [0.05, 0.1) is 13.1 Å². The summed E-state index contributed by atoms with van der Waals surface area (Å²) in [5.41, 5.74) is 6.50. The summed E-state index contributed by atoms with van der Waals surface area (Å²) < 4.78 is 11.1. The third-order valence-corrected chi connectivity index (χ3v) is 5.13. The number of aromatic carboxylic acids is 1. The Hall–Kier alpha value is -2.59. The Balaban J connectivity index is 1.57. The maximum Gasteiger partial charge on any atom is 0.522 e. The minimum absolute atomic E-state index is 0.0427. The summed E-state index contributed by atoms with van der Waals surface area (Å²) in [5, 5.41) is 19.3. The molecule has 0 bridgehead atoms. The van der Waals surface area contributed by atoms with E-state index in [1.165, 1.54) is 6.92 Å². The number of benzene rings is 1. The van der Waals surface area contributed by atoms with Gasteiger partial charge in [-0.05, 0) is 37.7 Å². The molecule has 0 radical (unpaired) electrons. The van der Waals surface area contributed by atoms with Crippen LogP contribution in [0.15, 0.2) is 12.1 Å². The van der Waals surface area contributed by atoms with Crippen molar-refractivity contribution in [3.8, 4) is 11.5 Å². The van der Waals surface area contributed by atoms with Crippen molar-refractivity contribution in [1.29, 1.82) is 0 Å². The van der Waals surface area contributed by atoms with E-state index >= 15 is 0 Å². The number of carbonyl (C=O) groups excluding carboxylic acids is 2. The molecule has 9 nitrogen and oxygen atoms in total. The fourth-order valence-electron chi connectivity index (χ4n) is 3.45. The highest BCUT2D eigenvalue weighted by Gasteiger charge is 2.35. The molecule has 0 saturated carbocycles. The standard InChI is InChI=1S/C19H25BN2O7/c1-11(23)2-4-13(21)8-16(24)22-9-14(10-22)28-15-5-3-12-6-7-20(27)29-18(12)17(15)19(25)26/h3,5,13-14,27H,2,4,6-10,21H2,1H3,(H,25,26)/t13-/m0/s1. The molecule has 0 aliphatic carbocycles. The third-order valence-electron chi connectivity index (χ3n) is 5.13. The molecule has 1 saturated heterocycles. The number of Topliss-reactive ketones (excluding diaryl/α,β-unsaturated/α-hetero) is 1. The molecule has 1 aromatic rings. The Labute approximate surface area is 168 Å². The van der Waals surface area contributed by atoms with Gasteiger partial charge in [0.15, 0.2) is 0 Å². The zero-order valence-corrected chi connectivity index (χ0v) is 16.3. The van der Waals surface area contributed by atoms with Crippen molar-refractivity contribution in [1.82, 2.24) is 4.90 Å². The van der Waals surface area contributed by atoms with Crippen molar-refractivity contribution in [3.05, 3.63) is 23.3 Å². The first kappa shape index (κ1) is 21.1. The van der Waals surface area contributed by atoms with Gasteiger partial charge >= 0.3 is 13.1 Å². The lowest BCUT2D eigenvalue weighted by Gasteiger charge is -2.39. The lowest BCUT2D eigenvalue weighted by molar-refractivity contribution is -0.140. The first-order valence-electron chi connectivity index (χ1n) is 9.68. The molecule has 29 heavy (non-hydrogen) atoms. The number of carbonyl (C=O) groups is 3. The van der Waals surface area contributed by atoms with Gasteiger partial charge in [-0.15, -0.1) is 0 Å². The number of hydrogen-bond donors (Lipinski definition) is 3. The van der Waals surface area contributed by atoms with E-state index in [-0.39, 0.29) is 47.3 Å². The van der Waals surface area contributed by atoms with Gasteiger partial charge in [0, 0.05) is 18.9 Å². The summed E-state index contributed by atoms with van der Waals surface area (Å²) in [6, 6.07) is 2.96. The topological polar surface area (TPSA) is 139 Å². The monoisotopic (exact) mass is 404 g/mol. The number of likely N-dealkylation sites (tertiary alicyclic amines) is 1. The van der Waals surface area contributed by atoms with Crippen LogP contribution >= 0.6 is 0 Å². The Bertz CT molecular complexity index is 810. The van der Waals surface area contributed by atoms with E-state index in [0.29, 0.717) is 44.2 Å². The second-order valence-electron chi connectivity index (χ2n) is 7.59. The number of rotatable bonds is 8. The molecule has 3 rings (SSSR count). The predicted octanol–water partition coefficient (Wildman–Crippen LogP) is 0.476. The Morgan fingerprint density at radius 3 is 2.76 bits per heavy atom. The number of fused-ring (bicyclic) bond motifs is 1. The zero-order valence-electron chi connectivity index (χ0n) is 16.3. The van der Waals surface area contributed by atoms with Crippen LogP contribution in [0.1, 0.15) is 42.1 Å². The average molecular weight is 404 g/mol. The molecule has 1 atom stereocenters. The van der Waals surface area contributed by atoms with Gasteiger partial charge in [-0.2, -0.15) is 0 Å². The summed E-state index contributed by atoms with van der Waals surface area (Å²) in [7, 11) is -1.04. The number of nitrogens with two attached hydrogens (primary N) is 1. The largest absolute Gasteiger partial charge is 0.535 e. The molecule has 0 spiro atoms. The number of nitrogens with zero attached hydrogens (tertiary/aromatic N) is 1. The van der Waals surface area contributed by atoms with Gasteiger partial charge < -0.3 is 34.9 Å². The second kappa shape index (κ2) is 8.83. The highest BCUT2D eigenvalue weighted by molar-refractivity contribution is 6.44. The molecule has 0 unspecified atom stereocenters. The van der Waals surface area contributed by atoms with Crippen LogP contribution in [0, 0.1) is 0 Å². The summed E-state index contributed by atoms with van der Waals surface area (Å²) >= 11 is 0. The molecule has 2 aliphatic rings. The normalized spacial score (nSPS) is 17.1. The molecule has 4 N–H and O–H groups in total. The SMILES string of the molecule is CC(=O)CC[C@H](N)CC(=O)N1CC(Oc2ccc3c(c2C(=O)O)OB(O)CC3)C1. The molecule has 1 fully saturated rings. The van der Waals surface area contributed by atoms with Gasteiger partial charge in [0.1, 0.15) is 28.9 Å². The first-order valence-corrected chi connectivity index (χ1v) is 9.68. The van der Waals surface area contributed by atoms with Crippen LogP contribution in [0.3, 0.4) is 0 Å². The Morgan fingerprint density at radius 2 is 2.10 bits per heavy atom. The van der Waals surface area contributed by atoms with E-state index in [4.69, 9.17) is 15.1 Å². The van der Waals surface area contributed by atoms with Gasteiger partial charge in [-0.25, -0.2) is 4.79 Å². The smallest absolute Gasteiger partial charge is 0.522 e. The quantitative estimate of drug-likeness (QED) is 0.532. The number of aryl methyl sites for hydroxylation is 1. The van der Waals surface area contributed by atoms with Gasteiger partial charge in [-0.1, -0.05) is 6.07 Å². The first-order chi connectivity index (χ1) is 13.7. The molecule has 1 amide bonds. The van der Waals surface area contributed by atoms with Crippen LogP contribution < -0.4 is 15.1 Å². The fraction of sp³-hybridized carbons (Fsp3) is 0.526. The van der Waals surface area contributed by atoms with Crippen molar-refractivity contribution >= 4 is 24.8 Å². The van der Waals surface area contributed by atoms with Crippen molar-refractivity contribution in [2.24, 2.45) is 5.73 Å². The van der Waals surface area contributed by atoms with Crippen LogP contribution in [0.4, 0.5) is 0 Å². The summed E-state index contributed by atoms with van der Waals surface area (Å²) in [4.78, 5) is 36.6. The van der Waals surface area contributed by atoms with E-state index in [1.807, 2.05) is 0 Å². The van der Waals surface area contributed by atoms with E-state index < -0.39 is 13.1 Å². The Morgan fingerprint density at radius 1 is 1.38 bits per heavy atom. The highest BCUT2D eigenvalue weighted by Crippen LogP contribution is 2.37. The Kier molecular flexibility index (Phi) is 6.44. The van der Waals surface area contributed by atoms with E-state index in [0.717, 1.165) is 0 Å². The van der Waals surface area contributed by atoms with Gasteiger partial charge in [0.2, 0.25) is 5.91 Å². The lowest BCUT2D eigenvalue weighted by Crippen LogP contribution is -2.57. The predicted molar refractivity (Wildman–Crippen MR) is 104 cm³/mol. The van der Waals surface area contributed by atoms with Gasteiger partial charge in [-0.3, -0.25) is 4.79 Å². The molecular weight excluding hydrogens is 379 g/mol. The highest BCUT2D eigenvalue weighted by atomic mass is 16.5. The maximum atomic E-state index is 12.2. The zero-order chi connectivity index (χ0) is 21.1. The van der Waals surface area contributed by atoms with E-state index in [2.05, 4.69) is 0 Å². The summed E-state index contributed by atoms with van der Waals surface area (Å²) in [6.45, 7) is 2.15. The number of carboxylic acid groups (broad SMARTS) is 1. The van der Waals surface area contributed by atoms with Crippen LogP contribution in [-0.2, 0) is 16.0 Å². The van der Waals surface area contributed by atoms with Crippen LogP contribution in [0.2, 0.25) is 6.32 Å². The minimum Gasteiger partial charge on any atom is -0.535 e. The number of ether oxygens (including phenoxy) is 1. The number of carboxylic acids is 1. The number of ketones is 1. The van der Waals surface area contributed by atoms with E-state index in [1.54, 1.807) is 17.0 Å². The van der Waals surface area contributed by atoms with Crippen molar-refractivity contribution in [2.75, 3.05) is 13.1 Å². The third kappa shape index (κ3) is 5.07. The van der Waals surface area contributed by atoms with Crippen LogP contribution in [0.25, 0.3) is 0 Å². The number of amides is 1. The molecule has 2 heterocycles. The molecule has 1 aromatic carbocycles. The lowest BCUT2D eigenvalue weighted by atomic mass is 9.78. The summed E-state index contributed by atoms with van der Waals surface area (Å²) in [5.74, 6) is -0.981. The fourth-order valence-corrected chi connectivity index (χ4v) is 3.45. The maximum absolute atomic E-state index is 12.2. The van der Waals surface area contributed by atoms with Crippen molar-refractivity contribution in [3.63, 3.8) is 0 Å². The van der Waals surface area contributed by atoms with Crippen LogP contribution in [0.5, 0.6) is 11.5 Å². The van der Waals surface area contributed by atoms with Gasteiger partial charge in [0.25, 0.3) is 0 Å². The van der Waals surface area contributed by atoms with E-state index in [9.17, 15) is 24.5 Å². The average Bonchev–Trinajstić information content (AvgIpc) is 2.61. The molecule has 10 heteroatoms. The molecule has 156 valence electrons.